The Kier molecular flexibility index (Phi) is 6.35. The number of hydrogen-bond acceptors (Lipinski definition) is 7. The molecule has 0 aliphatic carbocycles. The zero-order chi connectivity index (χ0) is 22.9. The van der Waals surface area contributed by atoms with E-state index < -0.39 is 22.5 Å². The molecule has 2 heterocycles. The van der Waals surface area contributed by atoms with E-state index in [4.69, 9.17) is 14.2 Å². The van der Waals surface area contributed by atoms with Crippen LogP contribution in [0.15, 0.2) is 29.6 Å². The molecule has 31 heavy (non-hydrogen) atoms. The SMILES string of the molecule is COc1ccc2c(c1)nc([S@@](=O)Cc1ncc(C)c(OC)c1C)n2C(=O)OC(C)(C)C. The maximum Gasteiger partial charge on any atom is 0.421 e. The zero-order valence-corrected chi connectivity index (χ0v) is 19.6. The van der Waals surface area contributed by atoms with Gasteiger partial charge in [-0.1, -0.05) is 0 Å². The summed E-state index contributed by atoms with van der Waals surface area (Å²) in [7, 11) is 1.46. The number of pyridine rings is 1. The van der Waals surface area contributed by atoms with Crippen molar-refractivity contribution in [3.05, 3.63) is 41.2 Å². The minimum absolute atomic E-state index is 0.0751. The lowest BCUT2D eigenvalue weighted by Gasteiger charge is -2.20. The van der Waals surface area contributed by atoms with E-state index in [1.165, 1.54) is 4.57 Å². The highest BCUT2D eigenvalue weighted by atomic mass is 32.2. The van der Waals surface area contributed by atoms with Crippen LogP contribution in [-0.4, -0.2) is 44.7 Å². The maximum atomic E-state index is 13.4. The fourth-order valence-electron chi connectivity index (χ4n) is 3.21. The van der Waals surface area contributed by atoms with Gasteiger partial charge < -0.3 is 14.2 Å². The summed E-state index contributed by atoms with van der Waals surface area (Å²) in [6, 6.07) is 5.10. The van der Waals surface area contributed by atoms with Crippen LogP contribution in [0.25, 0.3) is 11.0 Å². The molecule has 166 valence electrons. The summed E-state index contributed by atoms with van der Waals surface area (Å²) in [6.45, 7) is 9.09. The number of aryl methyl sites for hydroxylation is 1. The second kappa shape index (κ2) is 8.66. The highest BCUT2D eigenvalue weighted by Crippen LogP contribution is 2.28. The van der Waals surface area contributed by atoms with Crippen molar-refractivity contribution >= 4 is 27.9 Å². The lowest BCUT2D eigenvalue weighted by molar-refractivity contribution is 0.0529. The van der Waals surface area contributed by atoms with Gasteiger partial charge in [0.25, 0.3) is 0 Å². The van der Waals surface area contributed by atoms with Gasteiger partial charge in [-0.2, -0.15) is 0 Å². The van der Waals surface area contributed by atoms with E-state index in [1.54, 1.807) is 59.4 Å². The molecular weight excluding hydrogens is 418 g/mol. The highest BCUT2D eigenvalue weighted by molar-refractivity contribution is 7.84. The molecule has 0 spiro atoms. The van der Waals surface area contributed by atoms with E-state index in [1.807, 2.05) is 13.8 Å². The van der Waals surface area contributed by atoms with E-state index in [0.29, 0.717) is 28.2 Å². The molecule has 0 aliphatic heterocycles. The normalized spacial score (nSPS) is 12.6. The van der Waals surface area contributed by atoms with Crippen molar-refractivity contribution in [2.45, 2.75) is 51.1 Å². The Morgan fingerprint density at radius 2 is 1.87 bits per heavy atom. The van der Waals surface area contributed by atoms with Crippen LogP contribution >= 0.6 is 0 Å². The molecule has 0 bridgehead atoms. The van der Waals surface area contributed by atoms with E-state index >= 15 is 0 Å². The van der Waals surface area contributed by atoms with Gasteiger partial charge in [0.05, 0.1) is 47.5 Å². The molecule has 3 rings (SSSR count). The summed E-state index contributed by atoms with van der Waals surface area (Å²) in [5.41, 5.74) is 2.56. The van der Waals surface area contributed by atoms with Gasteiger partial charge in [-0.05, 0) is 46.8 Å². The second-order valence-corrected chi connectivity index (χ2v) is 9.45. The second-order valence-electron chi connectivity index (χ2n) is 8.10. The Morgan fingerprint density at radius 1 is 1.16 bits per heavy atom. The van der Waals surface area contributed by atoms with Gasteiger partial charge >= 0.3 is 6.09 Å². The summed E-state index contributed by atoms with van der Waals surface area (Å²) in [5.74, 6) is 1.36. The van der Waals surface area contributed by atoms with Crippen molar-refractivity contribution in [2.75, 3.05) is 14.2 Å². The molecule has 0 saturated heterocycles. The Labute approximate surface area is 184 Å². The van der Waals surface area contributed by atoms with Crippen LogP contribution in [0.2, 0.25) is 0 Å². The topological polar surface area (TPSA) is 92.5 Å². The summed E-state index contributed by atoms with van der Waals surface area (Å²) in [4.78, 5) is 21.9. The van der Waals surface area contributed by atoms with Crippen LogP contribution in [0.1, 0.15) is 37.6 Å². The number of ether oxygens (including phenoxy) is 3. The molecule has 0 saturated carbocycles. The van der Waals surface area contributed by atoms with Gasteiger partial charge in [-0.3, -0.25) is 9.19 Å². The van der Waals surface area contributed by atoms with Gasteiger partial charge in [0.1, 0.15) is 17.1 Å². The Balaban J connectivity index is 2.09. The first-order chi connectivity index (χ1) is 14.6. The van der Waals surface area contributed by atoms with E-state index in [0.717, 1.165) is 11.1 Å². The summed E-state index contributed by atoms with van der Waals surface area (Å²) < 4.78 is 30.9. The number of methoxy groups -OCH3 is 2. The van der Waals surface area contributed by atoms with Crippen LogP contribution in [0, 0.1) is 13.8 Å². The maximum absolute atomic E-state index is 13.4. The van der Waals surface area contributed by atoms with E-state index in [9.17, 15) is 9.00 Å². The van der Waals surface area contributed by atoms with Crippen LogP contribution in [0.3, 0.4) is 0 Å². The molecule has 0 radical (unpaired) electrons. The third-order valence-electron chi connectivity index (χ3n) is 4.63. The number of hydrogen-bond donors (Lipinski definition) is 0. The van der Waals surface area contributed by atoms with Gasteiger partial charge in [0.15, 0.2) is 0 Å². The molecule has 0 fully saturated rings. The number of nitrogens with zero attached hydrogens (tertiary/aromatic N) is 3. The first-order valence-corrected chi connectivity index (χ1v) is 11.0. The summed E-state index contributed by atoms with van der Waals surface area (Å²) in [6.07, 6.45) is 1.04. The van der Waals surface area contributed by atoms with Gasteiger partial charge in [0.2, 0.25) is 5.16 Å². The van der Waals surface area contributed by atoms with E-state index in [2.05, 4.69) is 9.97 Å². The van der Waals surface area contributed by atoms with Crippen molar-refractivity contribution < 1.29 is 23.2 Å². The Morgan fingerprint density at radius 3 is 2.48 bits per heavy atom. The highest BCUT2D eigenvalue weighted by Gasteiger charge is 2.27. The van der Waals surface area contributed by atoms with Crippen LogP contribution in [0.4, 0.5) is 4.79 Å². The van der Waals surface area contributed by atoms with Crippen molar-refractivity contribution in [1.82, 2.24) is 14.5 Å². The monoisotopic (exact) mass is 445 g/mol. The van der Waals surface area contributed by atoms with Crippen molar-refractivity contribution in [2.24, 2.45) is 0 Å². The summed E-state index contributed by atoms with van der Waals surface area (Å²) >= 11 is 0. The number of fused-ring (bicyclic) bond motifs is 1. The first-order valence-electron chi connectivity index (χ1n) is 9.73. The van der Waals surface area contributed by atoms with E-state index in [-0.39, 0.29) is 10.9 Å². The van der Waals surface area contributed by atoms with Crippen molar-refractivity contribution in [1.29, 1.82) is 0 Å². The average molecular weight is 446 g/mol. The number of imidazole rings is 1. The lowest BCUT2D eigenvalue weighted by Crippen LogP contribution is -2.28. The standard InChI is InChI=1S/C22H27N3O5S/c1-13-11-23-17(14(2)19(13)29-7)12-31(27)20-24-16-10-15(28-6)8-9-18(16)25(20)21(26)30-22(3,4)5/h8-11H,12H2,1-7H3/t31-/m0/s1. The zero-order valence-electron chi connectivity index (χ0n) is 18.8. The van der Waals surface area contributed by atoms with Crippen LogP contribution in [-0.2, 0) is 21.3 Å². The molecule has 0 amide bonds. The minimum Gasteiger partial charge on any atom is -0.497 e. The molecule has 8 nitrogen and oxygen atoms in total. The fraction of sp³-hybridized carbons (Fsp3) is 0.409. The fourth-order valence-corrected chi connectivity index (χ4v) is 4.45. The van der Waals surface area contributed by atoms with Gasteiger partial charge in [-0.15, -0.1) is 0 Å². The molecule has 0 unspecified atom stereocenters. The lowest BCUT2D eigenvalue weighted by atomic mass is 10.1. The van der Waals surface area contributed by atoms with Crippen LogP contribution < -0.4 is 9.47 Å². The molecule has 1 atom stereocenters. The molecule has 0 aliphatic rings. The smallest absolute Gasteiger partial charge is 0.421 e. The van der Waals surface area contributed by atoms with Crippen molar-refractivity contribution in [3.8, 4) is 11.5 Å². The van der Waals surface area contributed by atoms with Crippen LogP contribution in [0.5, 0.6) is 11.5 Å². The Bertz CT molecular complexity index is 1160. The number of rotatable bonds is 5. The molecular formula is C22H27N3O5S. The predicted octanol–water partition coefficient (Wildman–Crippen LogP) is 4.16. The molecule has 2 aromatic heterocycles. The third kappa shape index (κ3) is 4.71. The number of aromatic nitrogens is 3. The third-order valence-corrected chi connectivity index (χ3v) is 5.84. The predicted molar refractivity (Wildman–Crippen MR) is 118 cm³/mol. The summed E-state index contributed by atoms with van der Waals surface area (Å²) in [5, 5.41) is 0.0956. The number of benzene rings is 1. The largest absolute Gasteiger partial charge is 0.497 e. The number of carbonyl (C=O) groups is 1. The molecule has 1 aromatic carbocycles. The minimum atomic E-state index is -1.67. The number of carbonyl (C=O) groups excluding carboxylic acids is 1. The molecule has 9 heteroatoms. The molecule has 0 N–H and O–H groups in total. The quantitative estimate of drug-likeness (QED) is 0.582. The Hall–Kier alpha value is -2.94. The van der Waals surface area contributed by atoms with Gasteiger partial charge in [0, 0.05) is 23.4 Å². The molecule has 3 aromatic rings. The van der Waals surface area contributed by atoms with Gasteiger partial charge in [-0.25, -0.2) is 14.3 Å². The van der Waals surface area contributed by atoms with Crippen molar-refractivity contribution in [3.63, 3.8) is 0 Å². The first kappa shape index (κ1) is 22.7. The average Bonchev–Trinajstić information content (AvgIpc) is 3.08.